The topological polar surface area (TPSA) is 64.5 Å². The fourth-order valence-corrected chi connectivity index (χ4v) is 2.08. The van der Waals surface area contributed by atoms with Crippen molar-refractivity contribution < 1.29 is 13.6 Å². The number of furan rings is 1. The third kappa shape index (κ3) is 4.20. The van der Waals surface area contributed by atoms with Gasteiger partial charge in [0.2, 0.25) is 5.89 Å². The van der Waals surface area contributed by atoms with E-state index < -0.39 is 0 Å². The number of hydrogen-bond acceptors (Lipinski definition) is 6. The van der Waals surface area contributed by atoms with Crippen molar-refractivity contribution in [1.82, 2.24) is 15.1 Å². The Morgan fingerprint density at radius 1 is 1.13 bits per heavy atom. The average molecular weight is 313 g/mol. The van der Waals surface area contributed by atoms with Gasteiger partial charge in [0.1, 0.15) is 12.4 Å². The highest BCUT2D eigenvalue weighted by Gasteiger charge is 2.12. The van der Waals surface area contributed by atoms with Crippen LogP contribution in [-0.4, -0.2) is 35.3 Å². The third-order valence-corrected chi connectivity index (χ3v) is 3.37. The van der Waals surface area contributed by atoms with Crippen molar-refractivity contribution in [3.63, 3.8) is 0 Å². The van der Waals surface area contributed by atoms with E-state index in [1.807, 2.05) is 31.3 Å². The molecule has 0 aliphatic rings. The van der Waals surface area contributed by atoms with E-state index >= 15 is 0 Å². The van der Waals surface area contributed by atoms with Crippen LogP contribution in [-0.2, 0) is 6.54 Å². The van der Waals surface area contributed by atoms with E-state index in [1.165, 1.54) is 5.56 Å². The predicted molar refractivity (Wildman–Crippen MR) is 85.0 cm³/mol. The Hall–Kier alpha value is -2.60. The molecule has 0 unspecified atom stereocenters. The van der Waals surface area contributed by atoms with E-state index in [0.717, 1.165) is 12.3 Å². The summed E-state index contributed by atoms with van der Waals surface area (Å²) in [5, 5.41) is 8.01. The van der Waals surface area contributed by atoms with Crippen LogP contribution in [0.1, 0.15) is 11.5 Å². The summed E-state index contributed by atoms with van der Waals surface area (Å²) in [6, 6.07) is 11.6. The minimum absolute atomic E-state index is 0.398. The van der Waals surface area contributed by atoms with Gasteiger partial charge in [0.25, 0.3) is 5.89 Å². The second kappa shape index (κ2) is 7.11. The molecule has 1 aromatic carbocycles. The first-order valence-corrected chi connectivity index (χ1v) is 7.45. The number of aromatic nitrogens is 2. The van der Waals surface area contributed by atoms with Gasteiger partial charge in [-0.15, -0.1) is 10.2 Å². The Bertz CT molecular complexity index is 720. The summed E-state index contributed by atoms with van der Waals surface area (Å²) in [5.41, 5.74) is 1.22. The maximum absolute atomic E-state index is 5.71. The first kappa shape index (κ1) is 15.3. The summed E-state index contributed by atoms with van der Waals surface area (Å²) in [6.45, 7) is 3.97. The Kier molecular flexibility index (Phi) is 4.73. The Morgan fingerprint density at radius 2 is 1.96 bits per heavy atom. The molecule has 2 aromatic heterocycles. The molecule has 0 fully saturated rings. The molecule has 0 atom stereocenters. The Labute approximate surface area is 134 Å². The molecule has 0 saturated heterocycles. The molecule has 0 saturated carbocycles. The van der Waals surface area contributed by atoms with Gasteiger partial charge in [-0.05, 0) is 38.2 Å². The summed E-state index contributed by atoms with van der Waals surface area (Å²) in [6.07, 6.45) is 1.58. The monoisotopic (exact) mass is 313 g/mol. The fraction of sp³-hybridized carbons (Fsp3) is 0.294. The number of benzene rings is 1. The van der Waals surface area contributed by atoms with Crippen LogP contribution in [0.4, 0.5) is 0 Å². The number of hydrogen-bond donors (Lipinski definition) is 0. The van der Waals surface area contributed by atoms with Gasteiger partial charge in [-0.1, -0.05) is 17.7 Å². The van der Waals surface area contributed by atoms with Crippen LogP contribution >= 0.6 is 0 Å². The van der Waals surface area contributed by atoms with Crippen LogP contribution < -0.4 is 4.74 Å². The molecule has 0 aliphatic carbocycles. The fourth-order valence-electron chi connectivity index (χ4n) is 2.08. The molecule has 0 N–H and O–H groups in total. The zero-order valence-electron chi connectivity index (χ0n) is 13.2. The molecule has 0 spiro atoms. The molecular formula is C17H19N3O3. The molecule has 0 radical (unpaired) electrons. The van der Waals surface area contributed by atoms with Crippen LogP contribution in [0.3, 0.4) is 0 Å². The Morgan fingerprint density at radius 3 is 2.70 bits per heavy atom. The first-order valence-electron chi connectivity index (χ1n) is 7.45. The first-order chi connectivity index (χ1) is 11.2. The van der Waals surface area contributed by atoms with Gasteiger partial charge in [0.05, 0.1) is 12.8 Å². The highest BCUT2D eigenvalue weighted by atomic mass is 16.5. The van der Waals surface area contributed by atoms with Crippen LogP contribution in [0.2, 0.25) is 0 Å². The number of aryl methyl sites for hydroxylation is 1. The van der Waals surface area contributed by atoms with Crippen molar-refractivity contribution in [1.29, 1.82) is 0 Å². The molecule has 3 aromatic rings. The van der Waals surface area contributed by atoms with E-state index in [1.54, 1.807) is 18.4 Å². The van der Waals surface area contributed by atoms with Crippen molar-refractivity contribution in [3.05, 3.63) is 54.1 Å². The smallest absolute Gasteiger partial charge is 0.283 e. The summed E-state index contributed by atoms with van der Waals surface area (Å²) in [7, 11) is 1.98. The minimum atomic E-state index is 0.398. The molecule has 120 valence electrons. The van der Waals surface area contributed by atoms with E-state index in [-0.39, 0.29) is 0 Å². The zero-order chi connectivity index (χ0) is 16.1. The van der Waals surface area contributed by atoms with Crippen LogP contribution in [0.15, 0.2) is 51.5 Å². The maximum atomic E-state index is 5.71. The number of ether oxygens (including phenoxy) is 1. The van der Waals surface area contributed by atoms with Gasteiger partial charge in [0, 0.05) is 6.54 Å². The van der Waals surface area contributed by atoms with Gasteiger partial charge in [-0.3, -0.25) is 4.90 Å². The van der Waals surface area contributed by atoms with Crippen molar-refractivity contribution in [2.75, 3.05) is 20.2 Å². The largest absolute Gasteiger partial charge is 0.492 e. The van der Waals surface area contributed by atoms with E-state index in [0.29, 0.717) is 30.7 Å². The molecule has 23 heavy (non-hydrogen) atoms. The molecule has 0 aliphatic heterocycles. The van der Waals surface area contributed by atoms with Crippen LogP contribution in [0.25, 0.3) is 11.7 Å². The number of nitrogens with zero attached hydrogens (tertiary/aromatic N) is 3. The normalized spacial score (nSPS) is 11.1. The zero-order valence-corrected chi connectivity index (χ0v) is 13.2. The van der Waals surface area contributed by atoms with Crippen molar-refractivity contribution in [3.8, 4) is 17.4 Å². The quantitative estimate of drug-likeness (QED) is 0.667. The SMILES string of the molecule is Cc1ccc(OCCN(C)Cc2nnc(-c3ccco3)o2)cc1. The van der Waals surface area contributed by atoms with Crippen LogP contribution in [0, 0.1) is 6.92 Å². The lowest BCUT2D eigenvalue weighted by molar-refractivity contribution is 0.220. The Balaban J connectivity index is 1.46. The molecular weight excluding hydrogens is 294 g/mol. The van der Waals surface area contributed by atoms with Gasteiger partial charge in [-0.25, -0.2) is 0 Å². The highest BCUT2D eigenvalue weighted by Crippen LogP contribution is 2.18. The number of likely N-dealkylation sites (N-methyl/N-ethyl adjacent to an activating group) is 1. The van der Waals surface area contributed by atoms with E-state index in [4.69, 9.17) is 13.6 Å². The lowest BCUT2D eigenvalue weighted by Gasteiger charge is -2.14. The van der Waals surface area contributed by atoms with Crippen molar-refractivity contribution in [2.24, 2.45) is 0 Å². The van der Waals surface area contributed by atoms with Gasteiger partial charge < -0.3 is 13.6 Å². The predicted octanol–water partition coefficient (Wildman–Crippen LogP) is 3.15. The van der Waals surface area contributed by atoms with E-state index in [2.05, 4.69) is 22.0 Å². The summed E-state index contributed by atoms with van der Waals surface area (Å²) in [5.74, 6) is 2.40. The van der Waals surface area contributed by atoms with E-state index in [9.17, 15) is 0 Å². The summed E-state index contributed by atoms with van der Waals surface area (Å²) >= 11 is 0. The second-order valence-corrected chi connectivity index (χ2v) is 5.38. The average Bonchev–Trinajstić information content (AvgIpc) is 3.20. The van der Waals surface area contributed by atoms with Gasteiger partial charge >= 0.3 is 0 Å². The lowest BCUT2D eigenvalue weighted by atomic mass is 10.2. The molecule has 2 heterocycles. The second-order valence-electron chi connectivity index (χ2n) is 5.38. The van der Waals surface area contributed by atoms with Gasteiger partial charge in [-0.2, -0.15) is 0 Å². The molecule has 3 rings (SSSR count). The highest BCUT2D eigenvalue weighted by molar-refractivity contribution is 5.42. The number of rotatable bonds is 7. The van der Waals surface area contributed by atoms with Crippen molar-refractivity contribution in [2.45, 2.75) is 13.5 Å². The van der Waals surface area contributed by atoms with Crippen LogP contribution in [0.5, 0.6) is 5.75 Å². The molecule has 6 nitrogen and oxygen atoms in total. The molecule has 0 bridgehead atoms. The van der Waals surface area contributed by atoms with Crippen molar-refractivity contribution >= 4 is 0 Å². The maximum Gasteiger partial charge on any atom is 0.283 e. The summed E-state index contributed by atoms with van der Waals surface area (Å²) < 4.78 is 16.5. The molecule has 0 amide bonds. The lowest BCUT2D eigenvalue weighted by Crippen LogP contribution is -2.24. The standard InChI is InChI=1S/C17H19N3O3/c1-13-5-7-14(8-6-13)21-11-9-20(2)12-16-18-19-17(23-16)15-4-3-10-22-15/h3-8,10H,9,11-12H2,1-2H3. The summed E-state index contributed by atoms with van der Waals surface area (Å²) in [4.78, 5) is 2.06. The minimum Gasteiger partial charge on any atom is -0.492 e. The van der Waals surface area contributed by atoms with Gasteiger partial charge in [0.15, 0.2) is 5.76 Å². The third-order valence-electron chi connectivity index (χ3n) is 3.37. The molecule has 6 heteroatoms.